The van der Waals surface area contributed by atoms with Crippen molar-refractivity contribution in [2.75, 3.05) is 22.5 Å². The summed E-state index contributed by atoms with van der Waals surface area (Å²) < 4.78 is 0. The van der Waals surface area contributed by atoms with E-state index in [0.29, 0.717) is 27.1 Å². The van der Waals surface area contributed by atoms with Crippen molar-refractivity contribution in [2.24, 2.45) is 5.92 Å². The molecule has 0 heterocycles. The zero-order valence-electron chi connectivity index (χ0n) is 13.9. The quantitative estimate of drug-likeness (QED) is 0.684. The molecule has 2 aromatic rings. The number of hydrogen-bond acceptors (Lipinski definition) is 3. The lowest BCUT2D eigenvalue weighted by molar-refractivity contribution is -0.119. The van der Waals surface area contributed by atoms with Crippen LogP contribution >= 0.6 is 23.2 Å². The van der Waals surface area contributed by atoms with Crippen molar-refractivity contribution in [3.8, 4) is 0 Å². The molecule has 0 bridgehead atoms. The predicted molar refractivity (Wildman–Crippen MR) is 103 cm³/mol. The average molecular weight is 380 g/mol. The van der Waals surface area contributed by atoms with Crippen molar-refractivity contribution in [1.82, 2.24) is 0 Å². The molecule has 2 aromatic carbocycles. The highest BCUT2D eigenvalue weighted by atomic mass is 35.5. The first-order valence-electron chi connectivity index (χ1n) is 7.75. The molecule has 25 heavy (non-hydrogen) atoms. The normalized spacial score (nSPS) is 10.4. The van der Waals surface area contributed by atoms with Gasteiger partial charge in [0.25, 0.3) is 0 Å². The third-order valence-electron chi connectivity index (χ3n) is 3.31. The van der Waals surface area contributed by atoms with Crippen molar-refractivity contribution in [3.63, 3.8) is 0 Å². The molecule has 0 aliphatic rings. The molecular formula is C18H19Cl2N3O2. The number of nitrogens with one attached hydrogen (secondary N) is 3. The van der Waals surface area contributed by atoms with E-state index in [-0.39, 0.29) is 24.3 Å². The first-order chi connectivity index (χ1) is 11.8. The topological polar surface area (TPSA) is 70.2 Å². The lowest BCUT2D eigenvalue weighted by Crippen LogP contribution is -2.22. The molecule has 0 spiro atoms. The number of hydrogen-bond donors (Lipinski definition) is 3. The van der Waals surface area contributed by atoms with Crippen LogP contribution in [-0.2, 0) is 9.59 Å². The van der Waals surface area contributed by atoms with E-state index in [2.05, 4.69) is 16.0 Å². The molecule has 0 unspecified atom stereocenters. The second-order valence-corrected chi connectivity index (χ2v) is 6.59. The minimum absolute atomic E-state index is 0.0304. The summed E-state index contributed by atoms with van der Waals surface area (Å²) in [4.78, 5) is 23.8. The van der Waals surface area contributed by atoms with Crippen LogP contribution in [0.15, 0.2) is 42.5 Å². The number of rotatable bonds is 6. The fourth-order valence-corrected chi connectivity index (χ4v) is 2.33. The summed E-state index contributed by atoms with van der Waals surface area (Å²) in [7, 11) is 0. The molecule has 0 aliphatic heterocycles. The molecule has 5 nitrogen and oxygen atoms in total. The molecule has 2 rings (SSSR count). The lowest BCUT2D eigenvalue weighted by Gasteiger charge is -2.11. The van der Waals surface area contributed by atoms with Crippen molar-refractivity contribution in [2.45, 2.75) is 13.8 Å². The molecule has 0 radical (unpaired) electrons. The first-order valence-corrected chi connectivity index (χ1v) is 8.50. The second kappa shape index (κ2) is 8.74. The maximum Gasteiger partial charge on any atom is 0.243 e. The van der Waals surface area contributed by atoms with Gasteiger partial charge in [-0.3, -0.25) is 9.59 Å². The maximum absolute atomic E-state index is 12.1. The standard InChI is InChI=1S/C18H19Cl2N3O2/c1-11(2)18(25)23-14-5-3-4-13(9-14)22-17(24)10-21-16-8-12(19)6-7-15(16)20/h3-9,11,21H,10H2,1-2H3,(H,22,24)(H,23,25). The fourth-order valence-electron chi connectivity index (χ4n) is 1.97. The van der Waals surface area contributed by atoms with Gasteiger partial charge >= 0.3 is 0 Å². The molecule has 132 valence electrons. The summed E-state index contributed by atoms with van der Waals surface area (Å²) in [5.41, 5.74) is 1.80. The number of anilines is 3. The SMILES string of the molecule is CC(C)C(=O)Nc1cccc(NC(=O)CNc2cc(Cl)ccc2Cl)c1. The van der Waals surface area contributed by atoms with Crippen molar-refractivity contribution in [1.29, 1.82) is 0 Å². The van der Waals surface area contributed by atoms with E-state index in [1.165, 1.54) is 0 Å². The minimum Gasteiger partial charge on any atom is -0.375 e. The van der Waals surface area contributed by atoms with Gasteiger partial charge in [-0.1, -0.05) is 43.1 Å². The van der Waals surface area contributed by atoms with Gasteiger partial charge in [0, 0.05) is 22.3 Å². The second-order valence-electron chi connectivity index (χ2n) is 5.75. The van der Waals surface area contributed by atoms with Crippen LogP contribution in [0.25, 0.3) is 0 Å². The van der Waals surface area contributed by atoms with Crippen molar-refractivity contribution < 1.29 is 9.59 Å². The van der Waals surface area contributed by atoms with Gasteiger partial charge in [-0.25, -0.2) is 0 Å². The van der Waals surface area contributed by atoms with Crippen molar-refractivity contribution in [3.05, 3.63) is 52.5 Å². The zero-order chi connectivity index (χ0) is 18.4. The molecular weight excluding hydrogens is 361 g/mol. The fraction of sp³-hybridized carbons (Fsp3) is 0.222. The van der Waals surface area contributed by atoms with E-state index < -0.39 is 0 Å². The van der Waals surface area contributed by atoms with Crippen LogP contribution in [0.3, 0.4) is 0 Å². The van der Waals surface area contributed by atoms with Gasteiger partial charge in [0.1, 0.15) is 0 Å². The van der Waals surface area contributed by atoms with Crippen molar-refractivity contribution >= 4 is 52.1 Å². The third kappa shape index (κ3) is 5.96. The Morgan fingerprint density at radius 1 is 1.00 bits per heavy atom. The summed E-state index contributed by atoms with van der Waals surface area (Å²) in [5.74, 6) is -0.450. The zero-order valence-corrected chi connectivity index (χ0v) is 15.4. The monoisotopic (exact) mass is 379 g/mol. The molecule has 0 fully saturated rings. The van der Waals surface area contributed by atoms with Crippen LogP contribution in [0, 0.1) is 5.92 Å². The maximum atomic E-state index is 12.1. The Kier molecular flexibility index (Phi) is 6.67. The molecule has 3 N–H and O–H groups in total. The van der Waals surface area contributed by atoms with E-state index in [1.807, 2.05) is 13.8 Å². The summed E-state index contributed by atoms with van der Waals surface area (Å²) in [5, 5.41) is 9.50. The number of amides is 2. The van der Waals surface area contributed by atoms with E-state index >= 15 is 0 Å². The molecule has 0 saturated heterocycles. The Balaban J connectivity index is 1.94. The highest BCUT2D eigenvalue weighted by molar-refractivity contribution is 6.35. The highest BCUT2D eigenvalue weighted by Gasteiger charge is 2.09. The van der Waals surface area contributed by atoms with E-state index in [1.54, 1.807) is 42.5 Å². The van der Waals surface area contributed by atoms with Crippen LogP contribution in [0.5, 0.6) is 0 Å². The van der Waals surface area contributed by atoms with Crippen LogP contribution < -0.4 is 16.0 Å². The van der Waals surface area contributed by atoms with Crippen LogP contribution in [-0.4, -0.2) is 18.4 Å². The summed E-state index contributed by atoms with van der Waals surface area (Å²) >= 11 is 12.0. The van der Waals surface area contributed by atoms with E-state index in [4.69, 9.17) is 23.2 Å². The van der Waals surface area contributed by atoms with Gasteiger partial charge in [0.2, 0.25) is 11.8 Å². The van der Waals surface area contributed by atoms with Gasteiger partial charge in [0.05, 0.1) is 17.3 Å². The Morgan fingerprint density at radius 2 is 1.68 bits per heavy atom. The van der Waals surface area contributed by atoms with E-state index in [0.717, 1.165) is 0 Å². The lowest BCUT2D eigenvalue weighted by atomic mass is 10.2. The Bertz CT molecular complexity index is 779. The molecule has 0 aliphatic carbocycles. The third-order valence-corrected chi connectivity index (χ3v) is 3.87. The molecule has 2 amide bonds. The molecule has 7 heteroatoms. The summed E-state index contributed by atoms with van der Waals surface area (Å²) in [6.07, 6.45) is 0. The highest BCUT2D eigenvalue weighted by Crippen LogP contribution is 2.25. The first kappa shape index (κ1) is 19.1. The van der Waals surface area contributed by atoms with Gasteiger partial charge in [-0.2, -0.15) is 0 Å². The molecule has 0 atom stereocenters. The van der Waals surface area contributed by atoms with Crippen LogP contribution in [0.1, 0.15) is 13.8 Å². The number of halogens is 2. The van der Waals surface area contributed by atoms with Gasteiger partial charge in [-0.15, -0.1) is 0 Å². The van der Waals surface area contributed by atoms with Gasteiger partial charge < -0.3 is 16.0 Å². The van der Waals surface area contributed by atoms with Gasteiger partial charge in [-0.05, 0) is 36.4 Å². The predicted octanol–water partition coefficient (Wildman–Crippen LogP) is 4.64. The number of carbonyl (C=O) groups is 2. The molecule has 0 saturated carbocycles. The number of benzene rings is 2. The summed E-state index contributed by atoms with van der Waals surface area (Å²) in [6.45, 7) is 3.66. The minimum atomic E-state index is -0.247. The average Bonchev–Trinajstić information content (AvgIpc) is 2.56. The summed E-state index contributed by atoms with van der Waals surface area (Å²) in [6, 6.07) is 11.9. The van der Waals surface area contributed by atoms with Crippen LogP contribution in [0.2, 0.25) is 10.0 Å². The van der Waals surface area contributed by atoms with Gasteiger partial charge in [0.15, 0.2) is 0 Å². The number of carbonyl (C=O) groups excluding carboxylic acids is 2. The van der Waals surface area contributed by atoms with E-state index in [9.17, 15) is 9.59 Å². The Labute approximate surface area is 156 Å². The van der Waals surface area contributed by atoms with Crippen LogP contribution in [0.4, 0.5) is 17.1 Å². The molecule has 0 aromatic heterocycles. The Hall–Kier alpha value is -2.24. The Morgan fingerprint density at radius 3 is 2.36 bits per heavy atom. The largest absolute Gasteiger partial charge is 0.375 e. The smallest absolute Gasteiger partial charge is 0.243 e.